The highest BCUT2D eigenvalue weighted by atomic mass is 16.3. The molecule has 0 saturated carbocycles. The normalized spacial score (nSPS) is 34.2. The molecule has 2 atom stereocenters. The molecular formula is C8H17NO. The van der Waals surface area contributed by atoms with Gasteiger partial charge in [0.15, 0.2) is 0 Å². The van der Waals surface area contributed by atoms with E-state index < -0.39 is 0 Å². The third-order valence-corrected chi connectivity index (χ3v) is 2.10. The quantitative estimate of drug-likeness (QED) is 0.602. The number of nitrogens with one attached hydrogen (secondary N) is 1. The Morgan fingerprint density at radius 2 is 2.40 bits per heavy atom. The van der Waals surface area contributed by atoms with Crippen LogP contribution in [0, 0.1) is 0 Å². The van der Waals surface area contributed by atoms with E-state index in [2.05, 4.69) is 12.2 Å². The molecule has 1 rings (SSSR count). The predicted molar refractivity (Wildman–Crippen MR) is 41.9 cm³/mol. The van der Waals surface area contributed by atoms with E-state index in [0.29, 0.717) is 6.04 Å². The van der Waals surface area contributed by atoms with Gasteiger partial charge in [-0.2, -0.15) is 0 Å². The van der Waals surface area contributed by atoms with Crippen molar-refractivity contribution in [1.29, 1.82) is 0 Å². The molecule has 0 aromatic heterocycles. The molecule has 1 fully saturated rings. The summed E-state index contributed by atoms with van der Waals surface area (Å²) in [6, 6.07) is 0.578. The largest absolute Gasteiger partial charge is 0.393 e. The molecule has 60 valence electrons. The van der Waals surface area contributed by atoms with Gasteiger partial charge in [-0.1, -0.05) is 13.3 Å². The average Bonchev–Trinajstić information content (AvgIpc) is 1.88. The van der Waals surface area contributed by atoms with Gasteiger partial charge >= 0.3 is 0 Å². The van der Waals surface area contributed by atoms with Crippen LogP contribution in [0.25, 0.3) is 0 Å². The summed E-state index contributed by atoms with van der Waals surface area (Å²) in [5, 5.41) is 12.7. The molecule has 2 unspecified atom stereocenters. The molecule has 1 heterocycles. The molecule has 0 amide bonds. The van der Waals surface area contributed by atoms with Gasteiger partial charge in [-0.05, 0) is 25.8 Å². The zero-order chi connectivity index (χ0) is 7.40. The molecule has 1 saturated heterocycles. The number of hydrogen-bond donors (Lipinski definition) is 2. The van der Waals surface area contributed by atoms with E-state index in [1.807, 2.05) is 0 Å². The SMILES string of the molecule is CCCC1CC(O)CCN1. The number of aliphatic hydroxyl groups excluding tert-OH is 1. The Bertz CT molecular complexity index is 93.3. The van der Waals surface area contributed by atoms with Crippen LogP contribution in [0.5, 0.6) is 0 Å². The Hall–Kier alpha value is -0.0800. The molecule has 0 bridgehead atoms. The lowest BCUT2D eigenvalue weighted by Gasteiger charge is -2.26. The Kier molecular flexibility index (Phi) is 3.16. The minimum atomic E-state index is -0.0437. The van der Waals surface area contributed by atoms with Gasteiger partial charge in [0.2, 0.25) is 0 Å². The Morgan fingerprint density at radius 3 is 3.00 bits per heavy atom. The first-order valence-electron chi connectivity index (χ1n) is 4.24. The summed E-state index contributed by atoms with van der Waals surface area (Å²) in [5.74, 6) is 0. The fraction of sp³-hybridized carbons (Fsp3) is 1.00. The Morgan fingerprint density at radius 1 is 1.60 bits per heavy atom. The highest BCUT2D eigenvalue weighted by Gasteiger charge is 2.17. The number of rotatable bonds is 2. The third kappa shape index (κ3) is 2.27. The van der Waals surface area contributed by atoms with Crippen molar-refractivity contribution >= 4 is 0 Å². The smallest absolute Gasteiger partial charge is 0.0567 e. The fourth-order valence-corrected chi connectivity index (χ4v) is 1.55. The van der Waals surface area contributed by atoms with Gasteiger partial charge in [-0.25, -0.2) is 0 Å². The van der Waals surface area contributed by atoms with E-state index in [-0.39, 0.29) is 6.10 Å². The lowest BCUT2D eigenvalue weighted by Crippen LogP contribution is -2.39. The van der Waals surface area contributed by atoms with Gasteiger partial charge in [-0.3, -0.25) is 0 Å². The minimum absolute atomic E-state index is 0.0437. The van der Waals surface area contributed by atoms with E-state index in [1.54, 1.807) is 0 Å². The number of aliphatic hydroxyl groups is 1. The highest BCUT2D eigenvalue weighted by molar-refractivity contribution is 4.76. The third-order valence-electron chi connectivity index (χ3n) is 2.10. The summed E-state index contributed by atoms with van der Waals surface area (Å²) in [6.07, 6.45) is 4.26. The average molecular weight is 143 g/mol. The zero-order valence-corrected chi connectivity index (χ0v) is 6.64. The van der Waals surface area contributed by atoms with Crippen molar-refractivity contribution in [1.82, 2.24) is 5.32 Å². The van der Waals surface area contributed by atoms with Crippen LogP contribution < -0.4 is 5.32 Å². The van der Waals surface area contributed by atoms with Crippen LogP contribution >= 0.6 is 0 Å². The summed E-state index contributed by atoms with van der Waals surface area (Å²) < 4.78 is 0. The van der Waals surface area contributed by atoms with Gasteiger partial charge in [0.25, 0.3) is 0 Å². The molecule has 0 spiro atoms. The van der Waals surface area contributed by atoms with Crippen molar-refractivity contribution in [3.05, 3.63) is 0 Å². The topological polar surface area (TPSA) is 32.3 Å². The first-order chi connectivity index (χ1) is 4.83. The van der Waals surface area contributed by atoms with Gasteiger partial charge in [0, 0.05) is 6.04 Å². The molecule has 2 N–H and O–H groups in total. The maximum atomic E-state index is 9.27. The van der Waals surface area contributed by atoms with Crippen LogP contribution in [-0.4, -0.2) is 23.8 Å². The molecule has 0 aliphatic carbocycles. The predicted octanol–water partition coefficient (Wildman–Crippen LogP) is 0.899. The second-order valence-corrected chi connectivity index (χ2v) is 3.12. The van der Waals surface area contributed by atoms with Crippen molar-refractivity contribution in [2.45, 2.75) is 44.8 Å². The van der Waals surface area contributed by atoms with Crippen LogP contribution in [0.4, 0.5) is 0 Å². The number of piperidine rings is 1. The summed E-state index contributed by atoms with van der Waals surface area (Å²) >= 11 is 0. The van der Waals surface area contributed by atoms with Gasteiger partial charge in [0.05, 0.1) is 6.10 Å². The highest BCUT2D eigenvalue weighted by Crippen LogP contribution is 2.11. The molecule has 1 aliphatic rings. The van der Waals surface area contributed by atoms with Crippen molar-refractivity contribution in [3.63, 3.8) is 0 Å². The van der Waals surface area contributed by atoms with Crippen LogP contribution in [0.2, 0.25) is 0 Å². The molecule has 0 aromatic carbocycles. The summed E-state index contributed by atoms with van der Waals surface area (Å²) in [4.78, 5) is 0. The molecule has 0 radical (unpaired) electrons. The molecule has 2 nitrogen and oxygen atoms in total. The van der Waals surface area contributed by atoms with Crippen molar-refractivity contribution in [2.75, 3.05) is 6.54 Å². The standard InChI is InChI=1S/C8H17NO/c1-2-3-7-6-8(10)4-5-9-7/h7-10H,2-6H2,1H3. The molecular weight excluding hydrogens is 126 g/mol. The van der Waals surface area contributed by atoms with E-state index >= 15 is 0 Å². The molecule has 0 aromatic rings. The van der Waals surface area contributed by atoms with Gasteiger partial charge < -0.3 is 10.4 Å². The summed E-state index contributed by atoms with van der Waals surface area (Å²) in [6.45, 7) is 3.18. The number of hydrogen-bond acceptors (Lipinski definition) is 2. The van der Waals surface area contributed by atoms with E-state index in [1.165, 1.54) is 12.8 Å². The lowest BCUT2D eigenvalue weighted by atomic mass is 9.99. The van der Waals surface area contributed by atoms with Crippen molar-refractivity contribution in [3.8, 4) is 0 Å². The van der Waals surface area contributed by atoms with Crippen LogP contribution in [-0.2, 0) is 0 Å². The summed E-state index contributed by atoms with van der Waals surface area (Å²) in [5.41, 5.74) is 0. The first-order valence-corrected chi connectivity index (χ1v) is 4.24. The molecule has 2 heteroatoms. The Balaban J connectivity index is 2.18. The van der Waals surface area contributed by atoms with Crippen LogP contribution in [0.3, 0.4) is 0 Å². The van der Waals surface area contributed by atoms with Gasteiger partial charge in [-0.15, -0.1) is 0 Å². The van der Waals surface area contributed by atoms with Gasteiger partial charge in [0.1, 0.15) is 0 Å². The summed E-state index contributed by atoms with van der Waals surface area (Å²) in [7, 11) is 0. The van der Waals surface area contributed by atoms with Crippen molar-refractivity contribution in [2.24, 2.45) is 0 Å². The molecule has 10 heavy (non-hydrogen) atoms. The van der Waals surface area contributed by atoms with Crippen LogP contribution in [0.1, 0.15) is 32.6 Å². The zero-order valence-electron chi connectivity index (χ0n) is 6.64. The second-order valence-electron chi connectivity index (χ2n) is 3.12. The van der Waals surface area contributed by atoms with E-state index in [9.17, 15) is 5.11 Å². The maximum absolute atomic E-state index is 9.27. The van der Waals surface area contributed by atoms with E-state index in [4.69, 9.17) is 0 Å². The molecule has 1 aliphatic heterocycles. The Labute approximate surface area is 62.6 Å². The van der Waals surface area contributed by atoms with E-state index in [0.717, 1.165) is 19.4 Å². The lowest BCUT2D eigenvalue weighted by molar-refractivity contribution is 0.114. The maximum Gasteiger partial charge on any atom is 0.0567 e. The minimum Gasteiger partial charge on any atom is -0.393 e. The van der Waals surface area contributed by atoms with Crippen molar-refractivity contribution < 1.29 is 5.11 Å². The monoisotopic (exact) mass is 143 g/mol. The first kappa shape index (κ1) is 8.02. The van der Waals surface area contributed by atoms with Crippen LogP contribution in [0.15, 0.2) is 0 Å². The fourth-order valence-electron chi connectivity index (χ4n) is 1.55. The second kappa shape index (κ2) is 3.94.